The molecule has 5 N–H and O–H groups in total. The predicted octanol–water partition coefficient (Wildman–Crippen LogP) is 1.95. The molecule has 9 nitrogen and oxygen atoms in total. The molecule has 4 heterocycles. The minimum atomic E-state index is -0.149. The van der Waals surface area contributed by atoms with Crippen LogP contribution in [-0.2, 0) is 4.79 Å². The molecule has 1 saturated carbocycles. The number of nitrogens with two attached hydrogens (primary N) is 1. The Labute approximate surface area is 172 Å². The summed E-state index contributed by atoms with van der Waals surface area (Å²) in [6.45, 7) is 3.33. The molecule has 154 valence electrons. The maximum absolute atomic E-state index is 12.3. The Balaban J connectivity index is 1.50. The van der Waals surface area contributed by atoms with E-state index in [0.29, 0.717) is 41.6 Å². The molecular weight excluding hydrogens is 384 g/mol. The van der Waals surface area contributed by atoms with Crippen molar-refractivity contribution >= 4 is 34.0 Å². The zero-order valence-corrected chi connectivity index (χ0v) is 16.5. The minimum Gasteiger partial charge on any atom is -0.474 e. The lowest BCUT2D eigenvalue weighted by molar-refractivity contribution is -0.117. The van der Waals surface area contributed by atoms with Crippen LogP contribution in [0.25, 0.3) is 22.0 Å². The van der Waals surface area contributed by atoms with Crippen LogP contribution in [0, 0.1) is 18.8 Å². The number of aromatic nitrogens is 3. The van der Waals surface area contributed by atoms with Gasteiger partial charge in [-0.25, -0.2) is 15.0 Å². The largest absolute Gasteiger partial charge is 0.474 e. The van der Waals surface area contributed by atoms with Gasteiger partial charge in [0.15, 0.2) is 0 Å². The third-order valence-electron chi connectivity index (χ3n) is 5.71. The second-order valence-corrected chi connectivity index (χ2v) is 7.71. The average Bonchev–Trinajstić information content (AvgIpc) is 3.54. The second-order valence-electron chi connectivity index (χ2n) is 7.71. The maximum atomic E-state index is 12.3. The smallest absolute Gasteiger partial charge is 0.237 e. The second kappa shape index (κ2) is 7.10. The summed E-state index contributed by atoms with van der Waals surface area (Å²) in [6, 6.07) is 3.70. The lowest BCUT2D eigenvalue weighted by atomic mass is 10.0. The Hall–Kier alpha value is -3.46. The summed E-state index contributed by atoms with van der Waals surface area (Å²) in [5, 5.41) is 16.8. The quantitative estimate of drug-likeness (QED) is 0.516. The maximum Gasteiger partial charge on any atom is 0.237 e. The number of rotatable bonds is 4. The Kier molecular flexibility index (Phi) is 4.39. The summed E-state index contributed by atoms with van der Waals surface area (Å²) in [7, 11) is 0. The summed E-state index contributed by atoms with van der Waals surface area (Å²) in [5.74, 6) is 1.17. The fourth-order valence-electron chi connectivity index (χ4n) is 3.85. The summed E-state index contributed by atoms with van der Waals surface area (Å²) in [4.78, 5) is 25.5. The van der Waals surface area contributed by atoms with Gasteiger partial charge in [-0.15, -0.1) is 0 Å². The Morgan fingerprint density at radius 3 is 3.03 bits per heavy atom. The number of aliphatic hydroxyl groups is 1. The van der Waals surface area contributed by atoms with E-state index in [2.05, 4.69) is 25.6 Å². The number of amides is 1. The third-order valence-corrected chi connectivity index (χ3v) is 5.71. The molecular formula is C21H22N6O3. The molecule has 1 amide bonds. The van der Waals surface area contributed by atoms with Crippen molar-refractivity contribution in [1.29, 1.82) is 0 Å². The van der Waals surface area contributed by atoms with Gasteiger partial charge in [0.1, 0.15) is 23.9 Å². The van der Waals surface area contributed by atoms with E-state index in [4.69, 9.17) is 15.6 Å². The fourth-order valence-corrected chi connectivity index (χ4v) is 3.85. The molecule has 1 aliphatic heterocycles. The van der Waals surface area contributed by atoms with Crippen molar-refractivity contribution in [2.75, 3.05) is 36.1 Å². The summed E-state index contributed by atoms with van der Waals surface area (Å²) in [5.41, 5.74) is 9.59. The Morgan fingerprint density at radius 2 is 2.23 bits per heavy atom. The van der Waals surface area contributed by atoms with Crippen LogP contribution in [0.5, 0.6) is 5.88 Å². The van der Waals surface area contributed by atoms with Crippen LogP contribution in [-0.4, -0.2) is 45.7 Å². The summed E-state index contributed by atoms with van der Waals surface area (Å²) in [6.07, 6.45) is 4.06. The molecule has 1 fully saturated rings. The number of nitrogens with zero attached hydrogens (tertiary/aromatic N) is 3. The van der Waals surface area contributed by atoms with Crippen molar-refractivity contribution in [3.8, 4) is 17.1 Å². The van der Waals surface area contributed by atoms with E-state index >= 15 is 0 Å². The highest BCUT2D eigenvalue weighted by Gasteiger charge is 2.42. The Bertz CT molecular complexity index is 1170. The number of carbonyl (C=O) groups is 1. The number of nitrogen functional groups attached to an aromatic ring is 1. The average molecular weight is 406 g/mol. The van der Waals surface area contributed by atoms with Crippen molar-refractivity contribution in [1.82, 2.24) is 15.0 Å². The number of aliphatic hydroxyl groups excluding tert-OH is 1. The first kappa shape index (κ1) is 18.6. The number of anilines is 3. The molecule has 2 aliphatic rings. The molecule has 0 spiro atoms. The number of pyridine rings is 3. The van der Waals surface area contributed by atoms with Gasteiger partial charge in [-0.2, -0.15) is 0 Å². The van der Waals surface area contributed by atoms with Crippen LogP contribution >= 0.6 is 0 Å². The van der Waals surface area contributed by atoms with E-state index in [9.17, 15) is 4.79 Å². The number of hydrogen-bond acceptors (Lipinski definition) is 8. The zero-order chi connectivity index (χ0) is 20.8. The van der Waals surface area contributed by atoms with Crippen molar-refractivity contribution < 1.29 is 14.6 Å². The third kappa shape index (κ3) is 3.17. The van der Waals surface area contributed by atoms with E-state index in [1.807, 2.05) is 13.0 Å². The standard InChI is InChI=1S/C21H22N6O3/c1-10-14(7-25-21-18(10)23-2-3-30-21)16-5-11-6-17(24-8-15(11)19(22)26-16)27-20(29)13-4-12(13)9-28/h5-8,12-13,23,28H,2-4,9H2,1H3,(H2,22,26)(H,24,27,29). The number of hydrogen-bond donors (Lipinski definition) is 4. The number of fused-ring (bicyclic) bond motifs is 2. The minimum absolute atomic E-state index is 0.0306. The molecule has 1 aliphatic carbocycles. The van der Waals surface area contributed by atoms with E-state index in [-0.39, 0.29) is 24.3 Å². The first-order chi connectivity index (χ1) is 14.5. The summed E-state index contributed by atoms with van der Waals surface area (Å²) >= 11 is 0. The van der Waals surface area contributed by atoms with Crippen LogP contribution in [0.3, 0.4) is 0 Å². The van der Waals surface area contributed by atoms with E-state index in [0.717, 1.165) is 28.7 Å². The molecule has 2 atom stereocenters. The molecule has 5 rings (SSSR count). The summed E-state index contributed by atoms with van der Waals surface area (Å²) < 4.78 is 5.60. The number of carbonyl (C=O) groups excluding carboxylic acids is 1. The monoisotopic (exact) mass is 406 g/mol. The van der Waals surface area contributed by atoms with Gasteiger partial charge in [-0.3, -0.25) is 4.79 Å². The lowest BCUT2D eigenvalue weighted by Gasteiger charge is -2.21. The van der Waals surface area contributed by atoms with E-state index < -0.39 is 0 Å². The van der Waals surface area contributed by atoms with Gasteiger partial charge >= 0.3 is 0 Å². The number of nitrogens with one attached hydrogen (secondary N) is 2. The highest BCUT2D eigenvalue weighted by Crippen LogP contribution is 2.39. The molecule has 0 radical (unpaired) electrons. The van der Waals surface area contributed by atoms with Gasteiger partial charge in [-0.1, -0.05) is 0 Å². The zero-order valence-electron chi connectivity index (χ0n) is 16.5. The van der Waals surface area contributed by atoms with Crippen molar-refractivity contribution in [2.45, 2.75) is 13.3 Å². The molecule has 3 aromatic heterocycles. The number of ether oxygens (including phenoxy) is 1. The normalized spacial score (nSPS) is 19.5. The molecule has 0 bridgehead atoms. The van der Waals surface area contributed by atoms with Gasteiger partial charge < -0.3 is 26.2 Å². The molecule has 0 aromatic carbocycles. The molecule has 9 heteroatoms. The topological polar surface area (TPSA) is 135 Å². The van der Waals surface area contributed by atoms with Crippen molar-refractivity contribution in [3.63, 3.8) is 0 Å². The van der Waals surface area contributed by atoms with Crippen LogP contribution in [0.4, 0.5) is 17.3 Å². The van der Waals surface area contributed by atoms with E-state index in [1.54, 1.807) is 18.5 Å². The molecule has 30 heavy (non-hydrogen) atoms. The Morgan fingerprint density at radius 1 is 1.37 bits per heavy atom. The first-order valence-corrected chi connectivity index (χ1v) is 9.90. The van der Waals surface area contributed by atoms with Crippen molar-refractivity contribution in [3.05, 3.63) is 30.1 Å². The fraction of sp³-hybridized carbons (Fsp3) is 0.333. The van der Waals surface area contributed by atoms with Crippen LogP contribution in [0.15, 0.2) is 24.5 Å². The van der Waals surface area contributed by atoms with Crippen LogP contribution in [0.2, 0.25) is 0 Å². The van der Waals surface area contributed by atoms with Crippen LogP contribution in [0.1, 0.15) is 12.0 Å². The SMILES string of the molecule is Cc1c(-c2cc3cc(NC(=O)C4CC4CO)ncc3c(N)n2)cnc2c1NCCO2. The van der Waals surface area contributed by atoms with Crippen LogP contribution < -0.4 is 21.1 Å². The van der Waals surface area contributed by atoms with Gasteiger partial charge in [0.2, 0.25) is 11.8 Å². The molecule has 2 unspecified atom stereocenters. The van der Waals surface area contributed by atoms with E-state index in [1.165, 1.54) is 0 Å². The van der Waals surface area contributed by atoms with Crippen molar-refractivity contribution in [2.24, 2.45) is 11.8 Å². The predicted molar refractivity (Wildman–Crippen MR) is 113 cm³/mol. The highest BCUT2D eigenvalue weighted by atomic mass is 16.5. The van der Waals surface area contributed by atoms with Gasteiger partial charge in [-0.05, 0) is 42.3 Å². The lowest BCUT2D eigenvalue weighted by Crippen LogP contribution is -2.20. The highest BCUT2D eigenvalue weighted by molar-refractivity contribution is 5.98. The molecule has 3 aromatic rings. The van der Waals surface area contributed by atoms with Gasteiger partial charge in [0.05, 0.1) is 5.69 Å². The molecule has 0 saturated heterocycles. The van der Waals surface area contributed by atoms with Gasteiger partial charge in [0, 0.05) is 42.4 Å². The van der Waals surface area contributed by atoms with Gasteiger partial charge in [0.25, 0.3) is 0 Å². The first-order valence-electron chi connectivity index (χ1n) is 9.90.